The highest BCUT2D eigenvalue weighted by atomic mass is 16.6. The molecule has 0 saturated heterocycles. The van der Waals surface area contributed by atoms with E-state index in [1.54, 1.807) is 20.8 Å². The molecular weight excluding hydrogens is 222 g/mol. The highest BCUT2D eigenvalue weighted by molar-refractivity contribution is 5.82. The van der Waals surface area contributed by atoms with Gasteiger partial charge in [0.2, 0.25) is 5.95 Å². The molecule has 0 aliphatic rings. The Hall–Kier alpha value is -1.98. The van der Waals surface area contributed by atoms with E-state index in [2.05, 4.69) is 15.3 Å². The molecule has 0 spiro atoms. The number of nitrogens with one attached hydrogen (secondary N) is 1. The number of aldehydes is 1. The summed E-state index contributed by atoms with van der Waals surface area (Å²) >= 11 is 0. The Morgan fingerprint density at radius 3 is 2.47 bits per heavy atom. The molecule has 0 radical (unpaired) electrons. The lowest BCUT2D eigenvalue weighted by atomic mass is 10.2. The van der Waals surface area contributed by atoms with Gasteiger partial charge in [-0.05, 0) is 26.3 Å². The van der Waals surface area contributed by atoms with Gasteiger partial charge in [-0.25, -0.2) is 14.8 Å². The molecular formula is C11H15N3O3. The predicted octanol–water partition coefficient (Wildman–Crippen LogP) is 1.56. The Balaban J connectivity index is 2.57. The van der Waals surface area contributed by atoms with E-state index in [1.807, 2.05) is 0 Å². The summed E-state index contributed by atoms with van der Waals surface area (Å²) < 4.78 is 5.03. The summed E-state index contributed by atoms with van der Waals surface area (Å²) in [5.74, 6) is 0.147. The maximum Gasteiger partial charge on any atom is 0.414 e. The van der Waals surface area contributed by atoms with Crippen LogP contribution in [-0.4, -0.2) is 27.9 Å². The molecule has 0 saturated carbocycles. The van der Waals surface area contributed by atoms with Crippen molar-refractivity contribution in [2.45, 2.75) is 32.8 Å². The van der Waals surface area contributed by atoms with E-state index in [0.717, 1.165) is 6.29 Å². The van der Waals surface area contributed by atoms with Gasteiger partial charge in [-0.2, -0.15) is 0 Å². The molecule has 1 aromatic heterocycles. The third-order valence-electron chi connectivity index (χ3n) is 1.64. The molecule has 17 heavy (non-hydrogen) atoms. The Labute approximate surface area is 99.4 Å². The van der Waals surface area contributed by atoms with E-state index in [0.29, 0.717) is 5.56 Å². The predicted molar refractivity (Wildman–Crippen MR) is 61.7 cm³/mol. The minimum Gasteiger partial charge on any atom is -0.444 e. The molecule has 0 aliphatic carbocycles. The number of aromatic nitrogens is 2. The first-order chi connectivity index (χ1) is 7.90. The number of rotatable bonds is 3. The molecule has 1 heterocycles. The lowest BCUT2D eigenvalue weighted by molar-refractivity contribution is -0.107. The quantitative estimate of drug-likeness (QED) is 0.807. The molecule has 1 rings (SSSR count). The Kier molecular flexibility index (Phi) is 4.14. The minimum absolute atomic E-state index is 0.147. The second-order valence-corrected chi connectivity index (χ2v) is 4.41. The van der Waals surface area contributed by atoms with Crippen LogP contribution in [0.4, 0.5) is 10.7 Å². The SMILES string of the molecule is CC(C)(C)OC(=O)Nc1ncc(CC=O)cn1. The van der Waals surface area contributed by atoms with Gasteiger partial charge in [0.1, 0.15) is 11.9 Å². The monoisotopic (exact) mass is 237 g/mol. The number of anilines is 1. The number of hydrogen-bond donors (Lipinski definition) is 1. The summed E-state index contributed by atoms with van der Waals surface area (Å²) in [6, 6.07) is 0. The molecule has 0 atom stereocenters. The average Bonchev–Trinajstić information content (AvgIpc) is 2.18. The van der Waals surface area contributed by atoms with Crippen molar-refractivity contribution in [1.82, 2.24) is 9.97 Å². The Bertz CT molecular complexity index is 395. The second-order valence-electron chi connectivity index (χ2n) is 4.41. The summed E-state index contributed by atoms with van der Waals surface area (Å²) in [6.45, 7) is 5.29. The average molecular weight is 237 g/mol. The van der Waals surface area contributed by atoms with Crippen molar-refractivity contribution in [2.75, 3.05) is 5.32 Å². The van der Waals surface area contributed by atoms with Crippen molar-refractivity contribution in [1.29, 1.82) is 0 Å². The first-order valence-electron chi connectivity index (χ1n) is 5.15. The van der Waals surface area contributed by atoms with Crippen molar-refractivity contribution in [3.63, 3.8) is 0 Å². The fraction of sp³-hybridized carbons (Fsp3) is 0.455. The topological polar surface area (TPSA) is 81.2 Å². The fourth-order valence-corrected chi connectivity index (χ4v) is 1.02. The first-order valence-corrected chi connectivity index (χ1v) is 5.15. The van der Waals surface area contributed by atoms with Gasteiger partial charge >= 0.3 is 6.09 Å². The molecule has 92 valence electrons. The van der Waals surface area contributed by atoms with Crippen LogP contribution < -0.4 is 5.32 Å². The molecule has 1 aromatic rings. The lowest BCUT2D eigenvalue weighted by Gasteiger charge is -2.19. The van der Waals surface area contributed by atoms with E-state index < -0.39 is 11.7 Å². The largest absolute Gasteiger partial charge is 0.444 e. The third-order valence-corrected chi connectivity index (χ3v) is 1.64. The molecule has 0 aliphatic heterocycles. The highest BCUT2D eigenvalue weighted by Crippen LogP contribution is 2.08. The molecule has 0 unspecified atom stereocenters. The first kappa shape index (κ1) is 13.1. The maximum atomic E-state index is 11.4. The van der Waals surface area contributed by atoms with Gasteiger partial charge in [-0.15, -0.1) is 0 Å². The number of carbonyl (C=O) groups is 2. The summed E-state index contributed by atoms with van der Waals surface area (Å²) in [5.41, 5.74) is 0.122. The maximum absolute atomic E-state index is 11.4. The van der Waals surface area contributed by atoms with Gasteiger partial charge in [0.05, 0.1) is 0 Å². The zero-order valence-corrected chi connectivity index (χ0v) is 10.1. The van der Waals surface area contributed by atoms with Crippen LogP contribution in [0.15, 0.2) is 12.4 Å². The normalized spacial score (nSPS) is 10.8. The van der Waals surface area contributed by atoms with Gasteiger partial charge in [0.25, 0.3) is 0 Å². The molecule has 0 fully saturated rings. The number of carbonyl (C=O) groups excluding carboxylic acids is 2. The zero-order valence-electron chi connectivity index (χ0n) is 10.1. The smallest absolute Gasteiger partial charge is 0.414 e. The van der Waals surface area contributed by atoms with Crippen LogP contribution in [0, 0.1) is 0 Å². The fourth-order valence-electron chi connectivity index (χ4n) is 1.02. The molecule has 6 nitrogen and oxygen atoms in total. The van der Waals surface area contributed by atoms with Gasteiger partial charge in [0, 0.05) is 18.8 Å². The van der Waals surface area contributed by atoms with Crippen molar-refractivity contribution in [3.05, 3.63) is 18.0 Å². The van der Waals surface area contributed by atoms with E-state index >= 15 is 0 Å². The molecule has 1 N–H and O–H groups in total. The Morgan fingerprint density at radius 1 is 1.41 bits per heavy atom. The van der Waals surface area contributed by atoms with Crippen LogP contribution in [0.2, 0.25) is 0 Å². The van der Waals surface area contributed by atoms with Crippen LogP contribution in [0.3, 0.4) is 0 Å². The van der Waals surface area contributed by atoms with Crippen LogP contribution in [-0.2, 0) is 16.0 Å². The molecule has 1 amide bonds. The number of hydrogen-bond acceptors (Lipinski definition) is 5. The van der Waals surface area contributed by atoms with Gasteiger partial charge in [-0.1, -0.05) is 0 Å². The summed E-state index contributed by atoms with van der Waals surface area (Å²) in [4.78, 5) is 29.4. The van der Waals surface area contributed by atoms with E-state index in [1.165, 1.54) is 12.4 Å². The van der Waals surface area contributed by atoms with E-state index in [-0.39, 0.29) is 12.4 Å². The number of ether oxygens (including phenoxy) is 1. The van der Waals surface area contributed by atoms with E-state index in [4.69, 9.17) is 4.74 Å². The van der Waals surface area contributed by atoms with Crippen molar-refractivity contribution in [2.24, 2.45) is 0 Å². The molecule has 6 heteroatoms. The lowest BCUT2D eigenvalue weighted by Crippen LogP contribution is -2.27. The summed E-state index contributed by atoms with van der Waals surface area (Å²) in [6.07, 6.45) is 3.37. The van der Waals surface area contributed by atoms with Crippen molar-refractivity contribution < 1.29 is 14.3 Å². The van der Waals surface area contributed by atoms with Crippen LogP contribution >= 0.6 is 0 Å². The van der Waals surface area contributed by atoms with Crippen LogP contribution in [0.1, 0.15) is 26.3 Å². The standard InChI is InChI=1S/C11H15N3O3/c1-11(2,3)17-10(16)14-9-12-6-8(4-5-15)7-13-9/h5-7H,4H2,1-3H3,(H,12,13,14,16). The van der Waals surface area contributed by atoms with E-state index in [9.17, 15) is 9.59 Å². The Morgan fingerprint density at radius 2 is 2.00 bits per heavy atom. The zero-order chi connectivity index (χ0) is 12.9. The van der Waals surface area contributed by atoms with Crippen molar-refractivity contribution >= 4 is 18.3 Å². The van der Waals surface area contributed by atoms with Crippen LogP contribution in [0.25, 0.3) is 0 Å². The van der Waals surface area contributed by atoms with Gasteiger partial charge in [-0.3, -0.25) is 5.32 Å². The second kappa shape index (κ2) is 5.38. The number of amides is 1. The van der Waals surface area contributed by atoms with Gasteiger partial charge in [0.15, 0.2) is 0 Å². The van der Waals surface area contributed by atoms with Gasteiger partial charge < -0.3 is 9.53 Å². The van der Waals surface area contributed by atoms with Crippen molar-refractivity contribution in [3.8, 4) is 0 Å². The highest BCUT2D eigenvalue weighted by Gasteiger charge is 2.16. The summed E-state index contributed by atoms with van der Waals surface area (Å²) in [7, 11) is 0. The molecule has 0 aromatic carbocycles. The molecule has 0 bridgehead atoms. The summed E-state index contributed by atoms with van der Waals surface area (Å²) in [5, 5.41) is 2.40. The number of nitrogens with zero attached hydrogens (tertiary/aromatic N) is 2. The van der Waals surface area contributed by atoms with Crippen LogP contribution in [0.5, 0.6) is 0 Å². The minimum atomic E-state index is -0.611. The third kappa shape index (κ3) is 5.05.